The lowest BCUT2D eigenvalue weighted by atomic mass is 9.88. The Labute approximate surface area is 145 Å². The number of halogens is 1. The number of pyridine rings is 1. The summed E-state index contributed by atoms with van der Waals surface area (Å²) in [5, 5.41) is 3.29. The number of ether oxygens (including phenoxy) is 1. The average molecular weight is 346 g/mol. The van der Waals surface area contributed by atoms with E-state index in [1.54, 1.807) is 0 Å². The molecule has 5 nitrogen and oxygen atoms in total. The number of hydrogen-bond donors (Lipinski definition) is 2. The Morgan fingerprint density at radius 3 is 2.92 bits per heavy atom. The summed E-state index contributed by atoms with van der Waals surface area (Å²) < 4.78 is 19.2. The van der Waals surface area contributed by atoms with Gasteiger partial charge in [-0.25, -0.2) is 4.39 Å². The van der Waals surface area contributed by atoms with Gasteiger partial charge in [0.25, 0.3) is 5.91 Å². The van der Waals surface area contributed by atoms with Crippen LogP contribution in [0.2, 0.25) is 0 Å². The van der Waals surface area contributed by atoms with Gasteiger partial charge in [0.1, 0.15) is 5.82 Å². The monoisotopic (exact) mass is 346 g/mol. The molecule has 1 amide bonds. The van der Waals surface area contributed by atoms with Gasteiger partial charge in [-0.05, 0) is 37.0 Å². The molecule has 0 spiro atoms. The van der Waals surface area contributed by atoms with Gasteiger partial charge >= 0.3 is 0 Å². The SMILES string of the molecule is C[C@@H]1CCCC[C@H]1OCCNC(=O)c1cc(=O)[nH]c2cc(F)ccc12. The van der Waals surface area contributed by atoms with Gasteiger partial charge in [-0.2, -0.15) is 0 Å². The fraction of sp³-hybridized carbons (Fsp3) is 0.474. The highest BCUT2D eigenvalue weighted by atomic mass is 19.1. The molecule has 6 heteroatoms. The molecule has 1 aromatic heterocycles. The lowest BCUT2D eigenvalue weighted by Crippen LogP contribution is -2.32. The highest BCUT2D eigenvalue weighted by molar-refractivity contribution is 6.05. The third-order valence-electron chi connectivity index (χ3n) is 4.80. The van der Waals surface area contributed by atoms with Crippen molar-refractivity contribution in [3.8, 4) is 0 Å². The van der Waals surface area contributed by atoms with Crippen LogP contribution < -0.4 is 10.9 Å². The highest BCUT2D eigenvalue weighted by Crippen LogP contribution is 2.26. The Morgan fingerprint density at radius 1 is 1.32 bits per heavy atom. The maximum Gasteiger partial charge on any atom is 0.252 e. The van der Waals surface area contributed by atoms with Crippen molar-refractivity contribution in [2.45, 2.75) is 38.7 Å². The van der Waals surface area contributed by atoms with E-state index >= 15 is 0 Å². The smallest absolute Gasteiger partial charge is 0.252 e. The number of H-pyrrole nitrogens is 1. The topological polar surface area (TPSA) is 71.2 Å². The molecule has 1 aromatic carbocycles. The lowest BCUT2D eigenvalue weighted by Gasteiger charge is -2.28. The molecule has 0 aliphatic heterocycles. The summed E-state index contributed by atoms with van der Waals surface area (Å²) in [7, 11) is 0. The third kappa shape index (κ3) is 4.25. The van der Waals surface area contributed by atoms with Gasteiger partial charge in [-0.1, -0.05) is 19.8 Å². The molecule has 2 atom stereocenters. The quantitative estimate of drug-likeness (QED) is 0.818. The second-order valence-electron chi connectivity index (χ2n) is 6.66. The van der Waals surface area contributed by atoms with Crippen molar-refractivity contribution in [2.75, 3.05) is 13.2 Å². The van der Waals surface area contributed by atoms with E-state index in [4.69, 9.17) is 4.74 Å². The van der Waals surface area contributed by atoms with Crippen molar-refractivity contribution in [3.05, 3.63) is 46.0 Å². The Hall–Kier alpha value is -2.21. The van der Waals surface area contributed by atoms with Crippen molar-refractivity contribution < 1.29 is 13.9 Å². The zero-order valence-electron chi connectivity index (χ0n) is 14.3. The summed E-state index contributed by atoms with van der Waals surface area (Å²) in [5.41, 5.74) is 0.116. The molecule has 0 radical (unpaired) electrons. The molecule has 1 aliphatic rings. The zero-order chi connectivity index (χ0) is 17.8. The van der Waals surface area contributed by atoms with Gasteiger partial charge in [0.15, 0.2) is 0 Å². The van der Waals surface area contributed by atoms with E-state index in [0.29, 0.717) is 30.0 Å². The first-order chi connectivity index (χ1) is 12.0. The molecular formula is C19H23FN2O3. The van der Waals surface area contributed by atoms with E-state index in [-0.39, 0.29) is 17.6 Å². The minimum absolute atomic E-state index is 0.241. The van der Waals surface area contributed by atoms with E-state index in [1.165, 1.54) is 43.5 Å². The number of rotatable bonds is 5. The van der Waals surface area contributed by atoms with Crippen molar-refractivity contribution in [1.82, 2.24) is 10.3 Å². The Balaban J connectivity index is 1.61. The van der Waals surface area contributed by atoms with E-state index in [2.05, 4.69) is 17.2 Å². The molecule has 1 saturated carbocycles. The van der Waals surface area contributed by atoms with Crippen LogP contribution in [0.4, 0.5) is 4.39 Å². The number of carbonyl (C=O) groups is 1. The first kappa shape index (κ1) is 17.6. The number of benzene rings is 1. The van der Waals surface area contributed by atoms with E-state index < -0.39 is 11.4 Å². The van der Waals surface area contributed by atoms with E-state index in [0.717, 1.165) is 6.42 Å². The Morgan fingerprint density at radius 2 is 2.12 bits per heavy atom. The predicted octanol–water partition coefficient (Wildman–Crippen LogP) is 2.99. The maximum atomic E-state index is 13.3. The molecule has 3 rings (SSSR count). The fourth-order valence-electron chi connectivity index (χ4n) is 3.42. The molecule has 1 heterocycles. The summed E-state index contributed by atoms with van der Waals surface area (Å²) in [5.74, 6) is -0.269. The van der Waals surface area contributed by atoms with Crippen LogP contribution in [-0.4, -0.2) is 30.1 Å². The van der Waals surface area contributed by atoms with Gasteiger partial charge in [0.2, 0.25) is 5.56 Å². The number of aromatic nitrogens is 1. The lowest BCUT2D eigenvalue weighted by molar-refractivity contribution is -0.00293. The van der Waals surface area contributed by atoms with E-state index in [1.807, 2.05) is 0 Å². The number of carbonyl (C=O) groups excluding carboxylic acids is 1. The van der Waals surface area contributed by atoms with Gasteiger partial charge in [0.05, 0.1) is 23.8 Å². The van der Waals surface area contributed by atoms with Crippen LogP contribution in [0.5, 0.6) is 0 Å². The second-order valence-corrected chi connectivity index (χ2v) is 6.66. The minimum Gasteiger partial charge on any atom is -0.376 e. The molecule has 0 bridgehead atoms. The summed E-state index contributed by atoms with van der Waals surface area (Å²) in [6.45, 7) is 3.01. The number of fused-ring (bicyclic) bond motifs is 1. The largest absolute Gasteiger partial charge is 0.376 e. The maximum absolute atomic E-state index is 13.3. The van der Waals surface area contributed by atoms with Crippen molar-refractivity contribution in [2.24, 2.45) is 5.92 Å². The van der Waals surface area contributed by atoms with Gasteiger partial charge < -0.3 is 15.0 Å². The molecule has 134 valence electrons. The number of hydrogen-bond acceptors (Lipinski definition) is 3. The van der Waals surface area contributed by atoms with Crippen molar-refractivity contribution in [1.29, 1.82) is 0 Å². The van der Waals surface area contributed by atoms with E-state index in [9.17, 15) is 14.0 Å². The van der Waals surface area contributed by atoms with Crippen LogP contribution in [-0.2, 0) is 4.74 Å². The molecule has 0 unspecified atom stereocenters. The standard InChI is InChI=1S/C19H23FN2O3/c1-12-4-2-3-5-17(12)25-9-8-21-19(24)15-11-18(23)22-16-10-13(20)6-7-14(15)16/h6-7,10-12,17H,2-5,8-9H2,1H3,(H,21,24)(H,22,23)/t12-,17-/m1/s1. The summed E-state index contributed by atoms with van der Waals surface area (Å²) in [6, 6.07) is 5.21. The molecule has 25 heavy (non-hydrogen) atoms. The van der Waals surface area contributed by atoms with Crippen molar-refractivity contribution in [3.63, 3.8) is 0 Å². The fourth-order valence-corrected chi connectivity index (χ4v) is 3.42. The summed E-state index contributed by atoms with van der Waals surface area (Å²) in [4.78, 5) is 26.6. The molecular weight excluding hydrogens is 323 g/mol. The second kappa shape index (κ2) is 7.78. The number of amides is 1. The van der Waals surface area contributed by atoms with Gasteiger partial charge in [-0.15, -0.1) is 0 Å². The summed E-state index contributed by atoms with van der Waals surface area (Å²) in [6.07, 6.45) is 4.96. The molecule has 2 aromatic rings. The highest BCUT2D eigenvalue weighted by Gasteiger charge is 2.21. The normalized spacial score (nSPS) is 20.6. The van der Waals surface area contributed by atoms with Crippen LogP contribution >= 0.6 is 0 Å². The van der Waals surface area contributed by atoms with Crippen LogP contribution in [0.25, 0.3) is 10.9 Å². The third-order valence-corrected chi connectivity index (χ3v) is 4.80. The Kier molecular flexibility index (Phi) is 5.48. The molecule has 1 fully saturated rings. The van der Waals surface area contributed by atoms with Crippen LogP contribution in [0.1, 0.15) is 43.0 Å². The Bertz CT molecular complexity index is 818. The predicted molar refractivity (Wildman–Crippen MR) is 94.2 cm³/mol. The average Bonchev–Trinajstić information content (AvgIpc) is 2.58. The summed E-state index contributed by atoms with van der Waals surface area (Å²) >= 11 is 0. The molecule has 1 aliphatic carbocycles. The number of nitrogens with one attached hydrogen (secondary N) is 2. The minimum atomic E-state index is -0.462. The van der Waals surface area contributed by atoms with Crippen LogP contribution in [0.15, 0.2) is 29.1 Å². The van der Waals surface area contributed by atoms with Crippen LogP contribution in [0.3, 0.4) is 0 Å². The number of aromatic amines is 1. The first-order valence-electron chi connectivity index (χ1n) is 8.77. The van der Waals surface area contributed by atoms with Crippen molar-refractivity contribution >= 4 is 16.8 Å². The molecule has 2 N–H and O–H groups in total. The molecule has 0 saturated heterocycles. The van der Waals surface area contributed by atoms with Crippen LogP contribution in [0, 0.1) is 11.7 Å². The van der Waals surface area contributed by atoms with Gasteiger partial charge in [0, 0.05) is 18.0 Å². The van der Waals surface area contributed by atoms with Gasteiger partial charge in [-0.3, -0.25) is 9.59 Å². The zero-order valence-corrected chi connectivity index (χ0v) is 14.3. The first-order valence-corrected chi connectivity index (χ1v) is 8.77.